The molecule has 75 heavy (non-hydrogen) atoms. The lowest BCUT2D eigenvalue weighted by Gasteiger charge is -2.36. The van der Waals surface area contributed by atoms with Crippen LogP contribution in [-0.2, 0) is 19.1 Å². The highest BCUT2D eigenvalue weighted by Crippen LogP contribution is 2.50. The summed E-state index contributed by atoms with van der Waals surface area (Å²) in [6, 6.07) is 11.4. The first-order valence-corrected chi connectivity index (χ1v) is 26.0. The SMILES string of the molecule is COc1ccc2cc(/C(N)=C/N(N)CC(=O)OC3[C@H](C)C(O)[C@H](C)CC(C)/C=C/C=C(/C)C(=O)Nc4c(O)c5c(O)c(C)c6c(c5c5c4=NC4(CCN(CC(C)C)CC4)N=5)C(=O)C(C)(O/C=C/C[C@H]3C)O6)ccc2c1. The maximum absolute atomic E-state index is 14.9. The van der Waals surface area contributed by atoms with E-state index < -0.39 is 53.0 Å². The molecule has 4 aromatic rings. The second-order valence-corrected chi connectivity index (χ2v) is 21.7. The number of rotatable bonds is 8. The first-order valence-electron chi connectivity index (χ1n) is 26.0. The number of aromatic hydroxyl groups is 2. The molecule has 4 unspecified atom stereocenters. The Hall–Kier alpha value is -6.95. The van der Waals surface area contributed by atoms with Gasteiger partial charge in [-0.15, -0.1) is 0 Å². The highest BCUT2D eigenvalue weighted by molar-refractivity contribution is 6.19. The summed E-state index contributed by atoms with van der Waals surface area (Å²) >= 11 is 0. The number of fused-ring (bicyclic) bond motifs is 14. The van der Waals surface area contributed by atoms with Gasteiger partial charge in [0.15, 0.2) is 11.4 Å². The lowest BCUT2D eigenvalue weighted by molar-refractivity contribution is -0.159. The number of nitrogens with one attached hydrogen (secondary N) is 1. The van der Waals surface area contributed by atoms with Crippen molar-refractivity contribution in [3.8, 4) is 23.0 Å². The van der Waals surface area contributed by atoms with Crippen molar-refractivity contribution in [1.82, 2.24) is 9.91 Å². The Balaban J connectivity index is 1.11. The average Bonchev–Trinajstić information content (AvgIpc) is 3.87. The predicted molar refractivity (Wildman–Crippen MR) is 288 cm³/mol. The van der Waals surface area contributed by atoms with E-state index in [1.54, 1.807) is 39.2 Å². The van der Waals surface area contributed by atoms with Crippen LogP contribution in [0.1, 0.15) is 103 Å². The number of phenols is 2. The van der Waals surface area contributed by atoms with Gasteiger partial charge >= 0.3 is 11.8 Å². The molecule has 0 aliphatic carbocycles. The van der Waals surface area contributed by atoms with Crippen LogP contribution in [0, 0.1) is 36.5 Å². The summed E-state index contributed by atoms with van der Waals surface area (Å²) in [6.45, 7) is 18.7. The Labute approximate surface area is 438 Å². The number of amides is 1. The molecule has 4 aromatic carbocycles. The van der Waals surface area contributed by atoms with Crippen LogP contribution in [0.5, 0.6) is 23.0 Å². The molecule has 7 atom stereocenters. The van der Waals surface area contributed by atoms with Crippen LogP contribution in [0.15, 0.2) is 88.7 Å². The fraction of sp³-hybridized carbons (Fsp3) is 0.466. The van der Waals surface area contributed by atoms with E-state index in [-0.39, 0.29) is 80.5 Å². The quantitative estimate of drug-likeness (QED) is 0.0435. The van der Waals surface area contributed by atoms with Crippen LogP contribution in [-0.4, -0.2) is 99.8 Å². The van der Waals surface area contributed by atoms with Gasteiger partial charge in [-0.3, -0.25) is 24.4 Å². The van der Waals surface area contributed by atoms with Gasteiger partial charge in [0.1, 0.15) is 40.9 Å². The summed E-state index contributed by atoms with van der Waals surface area (Å²) in [7, 11) is 1.61. The lowest BCUT2D eigenvalue weighted by atomic mass is 9.80. The number of carbonyl (C=O) groups is 3. The number of benzene rings is 4. The molecular formula is C58H73N7O10. The van der Waals surface area contributed by atoms with Crippen molar-refractivity contribution in [3.63, 3.8) is 0 Å². The van der Waals surface area contributed by atoms with Gasteiger partial charge in [0.25, 0.3) is 11.7 Å². The summed E-state index contributed by atoms with van der Waals surface area (Å²) < 4.78 is 24.1. The number of hydrogen-bond donors (Lipinski definition) is 6. The molecule has 400 valence electrons. The number of piperidine rings is 1. The highest BCUT2D eigenvalue weighted by atomic mass is 16.7. The Bertz CT molecular complexity index is 3160. The number of nitrogens with two attached hydrogens (primary N) is 2. The predicted octanol–water partition coefficient (Wildman–Crippen LogP) is 7.43. The number of likely N-dealkylation sites (tertiary alicyclic amines) is 1. The Morgan fingerprint density at radius 2 is 1.69 bits per heavy atom. The van der Waals surface area contributed by atoms with Gasteiger partial charge in [0.2, 0.25) is 0 Å². The summed E-state index contributed by atoms with van der Waals surface area (Å²) in [4.78, 5) is 55.5. The van der Waals surface area contributed by atoms with Crippen LogP contribution in [0.2, 0.25) is 0 Å². The van der Waals surface area contributed by atoms with Crippen molar-refractivity contribution in [2.45, 2.75) is 112 Å². The first-order chi connectivity index (χ1) is 35.5. The maximum atomic E-state index is 14.9. The Morgan fingerprint density at radius 3 is 2.40 bits per heavy atom. The monoisotopic (exact) mass is 1030 g/mol. The number of hydrogen-bond acceptors (Lipinski definition) is 16. The van der Waals surface area contributed by atoms with E-state index in [0.717, 1.165) is 23.1 Å². The Kier molecular flexibility index (Phi) is 15.7. The van der Waals surface area contributed by atoms with Gasteiger partial charge in [0, 0.05) is 68.0 Å². The molecule has 17 nitrogen and oxygen atoms in total. The fourth-order valence-corrected chi connectivity index (χ4v) is 11.0. The number of methoxy groups -OCH3 is 1. The number of nitrogens with zero attached hydrogens (tertiary/aromatic N) is 4. The molecule has 9 rings (SSSR count). The van der Waals surface area contributed by atoms with Crippen LogP contribution in [0.4, 0.5) is 5.69 Å². The number of esters is 1. The molecule has 0 aromatic heterocycles. The van der Waals surface area contributed by atoms with Crippen molar-refractivity contribution in [3.05, 3.63) is 106 Å². The minimum atomic E-state index is -1.93. The number of ketones is 1. The molecule has 1 saturated heterocycles. The number of Topliss-reactive ketones (excluding diaryl/α,β-unsaturated/α-hetero) is 1. The first kappa shape index (κ1) is 54.3. The number of hydrazine groups is 1. The van der Waals surface area contributed by atoms with Crippen molar-refractivity contribution in [1.29, 1.82) is 0 Å². The van der Waals surface area contributed by atoms with Crippen LogP contribution in [0.25, 0.3) is 27.2 Å². The highest BCUT2D eigenvalue weighted by Gasteiger charge is 2.50. The third-order valence-electron chi connectivity index (χ3n) is 15.2. The minimum Gasteiger partial charge on any atom is -0.507 e. The minimum absolute atomic E-state index is 0.0219. The molecule has 5 bridgehead atoms. The van der Waals surface area contributed by atoms with Gasteiger partial charge in [0.05, 0.1) is 41.5 Å². The normalized spacial score (nSPS) is 26.9. The van der Waals surface area contributed by atoms with Crippen LogP contribution < -0.4 is 37.1 Å². The zero-order valence-corrected chi connectivity index (χ0v) is 44.8. The summed E-state index contributed by atoms with van der Waals surface area (Å²) in [6.07, 6.45) is 10.1. The molecule has 5 aliphatic rings. The zero-order valence-electron chi connectivity index (χ0n) is 44.8. The third-order valence-corrected chi connectivity index (χ3v) is 15.2. The number of aliphatic hydroxyl groups is 1. The molecule has 0 radical (unpaired) electrons. The molecule has 5 aliphatic heterocycles. The average molecular weight is 1030 g/mol. The van der Waals surface area contributed by atoms with E-state index in [1.165, 1.54) is 24.4 Å². The summed E-state index contributed by atoms with van der Waals surface area (Å²) in [5, 5.41) is 42.6. The van der Waals surface area contributed by atoms with Crippen molar-refractivity contribution < 1.29 is 48.7 Å². The molecule has 17 heteroatoms. The third kappa shape index (κ3) is 11.1. The largest absolute Gasteiger partial charge is 0.507 e. The zero-order chi connectivity index (χ0) is 54.3. The van der Waals surface area contributed by atoms with Crippen LogP contribution in [0.3, 0.4) is 0 Å². The number of allylic oxidation sites excluding steroid dienone is 4. The van der Waals surface area contributed by atoms with E-state index in [9.17, 15) is 29.7 Å². The summed E-state index contributed by atoms with van der Waals surface area (Å²) in [5.41, 5.74) is 7.09. The Morgan fingerprint density at radius 1 is 1.00 bits per heavy atom. The van der Waals surface area contributed by atoms with Crippen molar-refractivity contribution in [2.75, 3.05) is 38.6 Å². The second-order valence-electron chi connectivity index (χ2n) is 21.7. The van der Waals surface area contributed by atoms with Gasteiger partial charge in [-0.05, 0) is 91.0 Å². The molecular weight excluding hydrogens is 955 g/mol. The topological polar surface area (TPSA) is 244 Å². The molecule has 1 spiro atoms. The lowest BCUT2D eigenvalue weighted by Crippen LogP contribution is -2.43. The van der Waals surface area contributed by atoms with Crippen molar-refractivity contribution >= 4 is 50.6 Å². The number of aliphatic hydroxyl groups excluding tert-OH is 1. The van der Waals surface area contributed by atoms with E-state index in [1.807, 2.05) is 70.2 Å². The van der Waals surface area contributed by atoms with Crippen LogP contribution >= 0.6 is 0 Å². The maximum Gasteiger partial charge on any atom is 0.327 e. The second kappa shape index (κ2) is 21.7. The standard InChI is InChI=1S/C58H73N7O10/c1-31(2)28-64-22-20-58(21-23-64)62-47-44-45-51(68)37(8)54-46(44)55(70)57(9,75-54)73-24-12-15-33(4)53(74-43(66)30-65(60)29-42(59)40-17-16-39-27-41(72-10)19-18-38(39)26-40)36(7)50(67)35(6)25-32(3)13-11-14-34(5)56(71)61-49(52(45)69)48(47)63-58/h11-14,16-19,24,26-27,29,31-33,35-36,50,53,67-69H,15,20-23,25,28,30,59-60H2,1-10H3,(H,61,71)/b13-11+,24-12+,34-14-,42-29-/t32?,33-,35-,36-,50?,53?,57?/m1/s1. The van der Waals surface area contributed by atoms with E-state index in [4.69, 9.17) is 40.5 Å². The number of carbonyl (C=O) groups excluding carboxylic acids is 3. The van der Waals surface area contributed by atoms with Gasteiger partial charge in [-0.25, -0.2) is 5.84 Å². The van der Waals surface area contributed by atoms with Gasteiger partial charge in [-0.2, -0.15) is 0 Å². The smallest absolute Gasteiger partial charge is 0.327 e. The molecule has 8 N–H and O–H groups in total. The summed E-state index contributed by atoms with van der Waals surface area (Å²) in [5.74, 6) is 1.88. The molecule has 5 heterocycles. The number of phenolic OH excluding ortho intramolecular Hbond substituents is 2. The number of anilines is 1. The fourth-order valence-electron chi connectivity index (χ4n) is 11.0. The van der Waals surface area contributed by atoms with Gasteiger partial charge in [-0.1, -0.05) is 78.0 Å². The molecule has 1 fully saturated rings. The number of ether oxygens (including phenoxy) is 4. The molecule has 1 amide bonds. The van der Waals surface area contributed by atoms with Crippen molar-refractivity contribution in [2.24, 2.45) is 51.2 Å². The van der Waals surface area contributed by atoms with E-state index in [0.29, 0.717) is 55.1 Å². The van der Waals surface area contributed by atoms with Gasteiger partial charge < -0.3 is 55.2 Å². The van der Waals surface area contributed by atoms with E-state index in [2.05, 4.69) is 24.1 Å². The molecule has 0 saturated carbocycles. The van der Waals surface area contributed by atoms with E-state index >= 15 is 0 Å².